The van der Waals surface area contributed by atoms with Crippen LogP contribution in [0.15, 0.2) is 48.5 Å². The molecule has 0 saturated heterocycles. The van der Waals surface area contributed by atoms with Crippen molar-refractivity contribution in [2.24, 2.45) is 11.3 Å². The van der Waals surface area contributed by atoms with Gasteiger partial charge in [0.15, 0.2) is 0 Å². The lowest BCUT2D eigenvalue weighted by Crippen LogP contribution is -2.52. The van der Waals surface area contributed by atoms with Crippen LogP contribution in [0.1, 0.15) is 30.9 Å². The third-order valence-electron chi connectivity index (χ3n) is 5.92. The number of ether oxygens (including phenoxy) is 1. The van der Waals surface area contributed by atoms with E-state index in [0.29, 0.717) is 30.9 Å². The number of aliphatic carboxylic acids is 1. The maximum atomic E-state index is 14.3. The van der Waals surface area contributed by atoms with E-state index in [1.54, 1.807) is 30.3 Å². The second-order valence-electron chi connectivity index (χ2n) is 8.58. The second-order valence-corrected chi connectivity index (χ2v) is 8.58. The van der Waals surface area contributed by atoms with E-state index in [2.05, 4.69) is 5.32 Å². The highest BCUT2D eigenvalue weighted by Gasteiger charge is 2.50. The Balaban J connectivity index is 1.73. The first kappa shape index (κ1) is 26.0. The van der Waals surface area contributed by atoms with Crippen molar-refractivity contribution in [3.63, 3.8) is 0 Å². The van der Waals surface area contributed by atoms with Crippen molar-refractivity contribution < 1.29 is 41.8 Å². The minimum atomic E-state index is -4.85. The van der Waals surface area contributed by atoms with Crippen LogP contribution in [0.3, 0.4) is 0 Å². The van der Waals surface area contributed by atoms with Crippen molar-refractivity contribution in [1.29, 1.82) is 0 Å². The highest BCUT2D eigenvalue weighted by molar-refractivity contribution is 5.97. The van der Waals surface area contributed by atoms with Crippen molar-refractivity contribution in [2.75, 3.05) is 5.32 Å². The Morgan fingerprint density at radius 2 is 1.74 bits per heavy atom. The largest absolute Gasteiger partial charge is 0.481 e. The molecular formula is C24H24F4N2O5. The molecule has 35 heavy (non-hydrogen) atoms. The van der Waals surface area contributed by atoms with Gasteiger partial charge in [-0.25, -0.2) is 9.18 Å². The Morgan fingerprint density at radius 3 is 2.31 bits per heavy atom. The standard InChI is InChI=1S/C24H24F4N2O5/c1-14(24(26,27)28)19(30-22(34)35-13-15-5-3-2-4-6-15)20(31)29-18-11-16(7-8-17(18)25)12-23(9-10-23)21(32)33/h2-8,11,14,19H,9-10,12-13H2,1H3,(H,29,31)(H,30,34)(H,32,33)/t14?,19-/m0/s1. The minimum Gasteiger partial charge on any atom is -0.481 e. The van der Waals surface area contributed by atoms with Gasteiger partial charge in [-0.2, -0.15) is 13.2 Å². The maximum absolute atomic E-state index is 14.3. The lowest BCUT2D eigenvalue weighted by Gasteiger charge is -2.26. The van der Waals surface area contributed by atoms with Gasteiger partial charge < -0.3 is 20.5 Å². The van der Waals surface area contributed by atoms with E-state index in [-0.39, 0.29) is 13.0 Å². The smallest absolute Gasteiger partial charge is 0.408 e. The molecule has 0 aromatic heterocycles. The molecule has 1 fully saturated rings. The lowest BCUT2D eigenvalue weighted by molar-refractivity contribution is -0.178. The third-order valence-corrected chi connectivity index (χ3v) is 5.92. The Bertz CT molecular complexity index is 1090. The van der Waals surface area contributed by atoms with Crippen LogP contribution in [0.4, 0.5) is 28.0 Å². The Kier molecular flexibility index (Phi) is 7.67. The van der Waals surface area contributed by atoms with Crippen molar-refractivity contribution >= 4 is 23.7 Å². The summed E-state index contributed by atoms with van der Waals surface area (Å²) in [5.74, 6) is -5.54. The summed E-state index contributed by atoms with van der Waals surface area (Å²) in [6, 6.07) is 9.79. The van der Waals surface area contributed by atoms with Gasteiger partial charge in [-0.1, -0.05) is 43.3 Å². The van der Waals surface area contributed by atoms with Gasteiger partial charge >= 0.3 is 18.2 Å². The molecule has 2 aromatic rings. The fourth-order valence-corrected chi connectivity index (χ4v) is 3.49. The predicted molar refractivity (Wildman–Crippen MR) is 117 cm³/mol. The summed E-state index contributed by atoms with van der Waals surface area (Å²) >= 11 is 0. The van der Waals surface area contributed by atoms with E-state index in [1.807, 2.05) is 5.32 Å². The molecule has 2 amide bonds. The van der Waals surface area contributed by atoms with Gasteiger partial charge in [-0.05, 0) is 42.5 Å². The summed E-state index contributed by atoms with van der Waals surface area (Å²) in [7, 11) is 0. The number of carbonyl (C=O) groups excluding carboxylic acids is 2. The number of hydrogen-bond donors (Lipinski definition) is 3. The zero-order valence-electron chi connectivity index (χ0n) is 18.7. The van der Waals surface area contributed by atoms with Gasteiger partial charge in [0.25, 0.3) is 0 Å². The van der Waals surface area contributed by atoms with Crippen molar-refractivity contribution in [3.05, 3.63) is 65.5 Å². The Hall–Kier alpha value is -3.63. The molecule has 0 heterocycles. The third kappa shape index (κ3) is 6.71. The summed E-state index contributed by atoms with van der Waals surface area (Å²) < 4.78 is 59.5. The van der Waals surface area contributed by atoms with E-state index >= 15 is 0 Å². The average molecular weight is 496 g/mol. The summed E-state index contributed by atoms with van der Waals surface area (Å²) in [5, 5.41) is 13.3. The van der Waals surface area contributed by atoms with Crippen molar-refractivity contribution in [3.8, 4) is 0 Å². The van der Waals surface area contributed by atoms with Crippen molar-refractivity contribution in [2.45, 2.75) is 45.0 Å². The average Bonchev–Trinajstić information content (AvgIpc) is 3.58. The van der Waals surface area contributed by atoms with E-state index in [1.165, 1.54) is 12.1 Å². The number of carbonyl (C=O) groups is 3. The molecule has 3 N–H and O–H groups in total. The predicted octanol–water partition coefficient (Wildman–Crippen LogP) is 4.66. The number of amides is 2. The van der Waals surface area contributed by atoms with Crippen LogP contribution in [0.2, 0.25) is 0 Å². The van der Waals surface area contributed by atoms with Crippen molar-refractivity contribution in [1.82, 2.24) is 5.32 Å². The molecule has 188 valence electrons. The van der Waals surface area contributed by atoms with Gasteiger partial charge in [0.1, 0.15) is 18.5 Å². The SMILES string of the molecule is CC([C@H](NC(=O)OCc1ccccc1)C(=O)Nc1cc(CC2(C(=O)O)CC2)ccc1F)C(F)(F)F. The van der Waals surface area contributed by atoms with Gasteiger partial charge in [0, 0.05) is 0 Å². The molecule has 1 aliphatic rings. The number of hydrogen-bond acceptors (Lipinski definition) is 4. The number of alkyl carbamates (subject to hydrolysis) is 1. The molecular weight excluding hydrogens is 472 g/mol. The van der Waals surface area contributed by atoms with E-state index in [0.717, 1.165) is 6.07 Å². The molecule has 2 aromatic carbocycles. The highest BCUT2D eigenvalue weighted by Crippen LogP contribution is 2.48. The summed E-state index contributed by atoms with van der Waals surface area (Å²) in [5.41, 5.74) is -0.401. The number of rotatable bonds is 9. The maximum Gasteiger partial charge on any atom is 0.408 e. The number of nitrogens with one attached hydrogen (secondary N) is 2. The Labute approximate surface area is 198 Å². The summed E-state index contributed by atoms with van der Waals surface area (Å²) in [6.07, 6.45) is -5.13. The van der Waals surface area contributed by atoms with Crippen LogP contribution in [0, 0.1) is 17.2 Å². The van der Waals surface area contributed by atoms with Gasteiger partial charge in [-0.15, -0.1) is 0 Å². The fraction of sp³-hybridized carbons (Fsp3) is 0.375. The normalized spacial score (nSPS) is 16.0. The van der Waals surface area contributed by atoms with Crippen LogP contribution in [0.25, 0.3) is 0 Å². The van der Waals surface area contributed by atoms with Crippen LogP contribution < -0.4 is 10.6 Å². The molecule has 11 heteroatoms. The number of benzene rings is 2. The second kappa shape index (κ2) is 10.3. The van der Waals surface area contributed by atoms with E-state index in [4.69, 9.17) is 4.74 Å². The molecule has 0 spiro atoms. The van der Waals surface area contributed by atoms with E-state index < -0.39 is 53.0 Å². The van der Waals surface area contributed by atoms with Crippen LogP contribution in [-0.2, 0) is 27.4 Å². The highest BCUT2D eigenvalue weighted by atomic mass is 19.4. The number of alkyl halides is 3. The first-order valence-electron chi connectivity index (χ1n) is 10.8. The van der Waals surface area contributed by atoms with Gasteiger partial charge in [-0.3, -0.25) is 9.59 Å². The molecule has 0 aliphatic heterocycles. The lowest BCUT2D eigenvalue weighted by atomic mass is 9.96. The fourth-order valence-electron chi connectivity index (χ4n) is 3.49. The number of carboxylic acids is 1. The minimum absolute atomic E-state index is 0.0813. The zero-order chi connectivity index (χ0) is 25.8. The zero-order valence-corrected chi connectivity index (χ0v) is 18.7. The molecule has 1 aliphatic carbocycles. The van der Waals surface area contributed by atoms with Crippen LogP contribution >= 0.6 is 0 Å². The molecule has 7 nitrogen and oxygen atoms in total. The van der Waals surface area contributed by atoms with Gasteiger partial charge in [0.05, 0.1) is 17.0 Å². The first-order chi connectivity index (χ1) is 16.4. The molecule has 0 bridgehead atoms. The molecule has 3 rings (SSSR count). The first-order valence-corrected chi connectivity index (χ1v) is 10.8. The molecule has 1 unspecified atom stereocenters. The Morgan fingerprint density at radius 1 is 1.09 bits per heavy atom. The summed E-state index contributed by atoms with van der Waals surface area (Å²) in [6.45, 7) is 0.474. The molecule has 2 atom stereocenters. The van der Waals surface area contributed by atoms with Gasteiger partial charge in [0.2, 0.25) is 5.91 Å². The molecule has 1 saturated carbocycles. The number of carboxylic acid groups (broad SMARTS) is 1. The quantitative estimate of drug-likeness (QED) is 0.438. The molecule has 0 radical (unpaired) electrons. The van der Waals surface area contributed by atoms with Crippen LogP contribution in [-0.4, -0.2) is 35.3 Å². The number of anilines is 1. The van der Waals surface area contributed by atoms with E-state index in [9.17, 15) is 37.1 Å². The van der Waals surface area contributed by atoms with Crippen LogP contribution in [0.5, 0.6) is 0 Å². The summed E-state index contributed by atoms with van der Waals surface area (Å²) in [4.78, 5) is 36.3. The topological polar surface area (TPSA) is 105 Å². The number of halogens is 4. The monoisotopic (exact) mass is 496 g/mol.